The van der Waals surface area contributed by atoms with E-state index in [0.717, 1.165) is 0 Å². The highest BCUT2D eigenvalue weighted by Gasteiger charge is 2.78. The van der Waals surface area contributed by atoms with E-state index in [1.54, 1.807) is 0 Å². The Bertz CT molecular complexity index is 393. The molecule has 17 heavy (non-hydrogen) atoms. The van der Waals surface area contributed by atoms with Crippen LogP contribution in [-0.2, 0) is 9.59 Å². The molecule has 1 aliphatic carbocycles. The molecule has 2 fully saturated rings. The summed E-state index contributed by atoms with van der Waals surface area (Å²) < 4.78 is 62.1. The summed E-state index contributed by atoms with van der Waals surface area (Å²) in [6.45, 7) is -0.868. The third-order valence-electron chi connectivity index (χ3n) is 3.09. The Hall–Kier alpha value is -1.41. The number of hydrogen-bond donors (Lipinski definition) is 1. The lowest BCUT2D eigenvalue weighted by atomic mass is 10.2. The van der Waals surface area contributed by atoms with Gasteiger partial charge < -0.3 is 10.0 Å². The van der Waals surface area contributed by atoms with Gasteiger partial charge in [-0.15, -0.1) is 0 Å². The minimum Gasteiger partial charge on any atom is -0.480 e. The van der Waals surface area contributed by atoms with Crippen LogP contribution in [0.25, 0.3) is 0 Å². The summed E-state index contributed by atoms with van der Waals surface area (Å²) in [5, 5.41) is 8.63. The number of likely N-dealkylation sites (tertiary alicyclic amines) is 1. The summed E-state index contributed by atoms with van der Waals surface area (Å²) in [4.78, 5) is 21.5. The van der Waals surface area contributed by atoms with Gasteiger partial charge in [-0.2, -0.15) is 13.2 Å². The van der Waals surface area contributed by atoms with Gasteiger partial charge in [0.05, 0.1) is 11.8 Å². The zero-order valence-corrected chi connectivity index (χ0v) is 8.04. The molecule has 4 nitrogen and oxygen atoms in total. The van der Waals surface area contributed by atoms with E-state index in [9.17, 15) is 31.5 Å². The molecular weight excluding hydrogens is 253 g/mol. The van der Waals surface area contributed by atoms with Crippen molar-refractivity contribution in [1.82, 2.24) is 4.90 Å². The first kappa shape index (κ1) is 12.1. The fourth-order valence-corrected chi connectivity index (χ4v) is 2.26. The lowest BCUT2D eigenvalue weighted by Gasteiger charge is -2.26. The molecule has 1 heterocycles. The quantitative estimate of drug-likeness (QED) is 0.706. The lowest BCUT2D eigenvalue weighted by Crippen LogP contribution is -2.50. The molecule has 1 saturated heterocycles. The van der Waals surface area contributed by atoms with Crippen molar-refractivity contribution in [2.45, 2.75) is 18.1 Å². The maximum absolute atomic E-state index is 12.9. The number of nitrogens with zero attached hydrogens (tertiary/aromatic N) is 1. The van der Waals surface area contributed by atoms with Gasteiger partial charge in [0.25, 0.3) is 5.92 Å². The van der Waals surface area contributed by atoms with Crippen molar-refractivity contribution in [2.75, 3.05) is 6.54 Å². The van der Waals surface area contributed by atoms with Crippen LogP contribution in [0.3, 0.4) is 0 Å². The third kappa shape index (κ3) is 1.55. The number of piperidine rings is 1. The number of alkyl halides is 5. The first-order valence-electron chi connectivity index (χ1n) is 4.57. The smallest absolute Gasteiger partial charge is 0.471 e. The Morgan fingerprint density at radius 2 is 1.82 bits per heavy atom. The fraction of sp³-hybridized carbons (Fsp3) is 0.750. The topological polar surface area (TPSA) is 57.6 Å². The Kier molecular flexibility index (Phi) is 2.18. The molecule has 0 aromatic carbocycles. The monoisotopic (exact) mass is 259 g/mol. The second-order valence-electron chi connectivity index (χ2n) is 4.05. The number of hydrogen-bond acceptors (Lipinski definition) is 2. The molecular formula is C8H6F5NO3. The molecule has 3 unspecified atom stereocenters. The number of carbonyl (C=O) groups excluding carboxylic acids is 1. The SMILES string of the molecule is O=C(O)C1C2C(CN1C(=O)C(F)(F)F)C2(F)F. The van der Waals surface area contributed by atoms with Crippen LogP contribution < -0.4 is 0 Å². The maximum atomic E-state index is 12.9. The third-order valence-corrected chi connectivity index (χ3v) is 3.09. The summed E-state index contributed by atoms with van der Waals surface area (Å²) in [5.74, 6) is -10.7. The van der Waals surface area contributed by atoms with E-state index < -0.39 is 48.4 Å². The minimum atomic E-state index is -5.25. The number of aliphatic carboxylic acids is 1. The number of fused-ring (bicyclic) bond motifs is 1. The molecule has 1 aliphatic heterocycles. The van der Waals surface area contributed by atoms with Gasteiger partial charge in [-0.05, 0) is 0 Å². The fourth-order valence-electron chi connectivity index (χ4n) is 2.26. The van der Waals surface area contributed by atoms with Crippen LogP contribution in [0, 0.1) is 11.8 Å². The van der Waals surface area contributed by atoms with Crippen LogP contribution >= 0.6 is 0 Å². The van der Waals surface area contributed by atoms with E-state index >= 15 is 0 Å². The molecule has 0 radical (unpaired) electrons. The number of rotatable bonds is 1. The normalized spacial score (nSPS) is 34.4. The highest BCUT2D eigenvalue weighted by Crippen LogP contribution is 2.62. The van der Waals surface area contributed by atoms with E-state index in [2.05, 4.69) is 0 Å². The van der Waals surface area contributed by atoms with Crippen LogP contribution in [0.15, 0.2) is 0 Å². The molecule has 1 saturated carbocycles. The Labute approximate surface area is 91.0 Å². The zero-order chi connectivity index (χ0) is 13.2. The van der Waals surface area contributed by atoms with E-state index in [1.807, 2.05) is 0 Å². The summed E-state index contributed by atoms with van der Waals surface area (Å²) in [6.07, 6.45) is -5.25. The van der Waals surface area contributed by atoms with Crippen LogP contribution in [0.1, 0.15) is 0 Å². The van der Waals surface area contributed by atoms with Crippen molar-refractivity contribution in [1.29, 1.82) is 0 Å². The van der Waals surface area contributed by atoms with Crippen molar-refractivity contribution in [2.24, 2.45) is 11.8 Å². The highest BCUT2D eigenvalue weighted by molar-refractivity contribution is 5.88. The van der Waals surface area contributed by atoms with E-state index in [0.29, 0.717) is 0 Å². The molecule has 9 heteroatoms. The molecule has 0 aromatic rings. The summed E-state index contributed by atoms with van der Waals surface area (Å²) in [6, 6.07) is -2.09. The standard InChI is InChI=1S/C8H6F5NO3/c9-7(10)2-1-14(6(17)8(11,12)13)4(3(2)7)5(15)16/h2-4H,1H2,(H,15,16). The molecule has 0 bridgehead atoms. The minimum absolute atomic E-state index is 0.0327. The van der Waals surface area contributed by atoms with Crippen molar-refractivity contribution in [3.8, 4) is 0 Å². The first-order chi connectivity index (χ1) is 7.58. The molecule has 3 atom stereocenters. The predicted octanol–water partition coefficient (Wildman–Crippen LogP) is 0.725. The van der Waals surface area contributed by atoms with Crippen LogP contribution in [0.5, 0.6) is 0 Å². The average molecular weight is 259 g/mol. The molecule has 2 aliphatic rings. The number of carboxylic acids is 1. The predicted molar refractivity (Wildman–Crippen MR) is 41.1 cm³/mol. The number of carboxylic acid groups (broad SMARTS) is 1. The molecule has 0 aromatic heterocycles. The van der Waals surface area contributed by atoms with Gasteiger partial charge in [-0.1, -0.05) is 0 Å². The van der Waals surface area contributed by atoms with Gasteiger partial charge in [0, 0.05) is 6.54 Å². The van der Waals surface area contributed by atoms with E-state index in [1.165, 1.54) is 0 Å². The van der Waals surface area contributed by atoms with Gasteiger partial charge in [-0.25, -0.2) is 13.6 Å². The van der Waals surface area contributed by atoms with Gasteiger partial charge in [0.1, 0.15) is 6.04 Å². The highest BCUT2D eigenvalue weighted by atomic mass is 19.4. The average Bonchev–Trinajstić information content (AvgIpc) is 2.60. The first-order valence-corrected chi connectivity index (χ1v) is 4.57. The number of carbonyl (C=O) groups is 2. The number of amides is 1. The molecule has 2 rings (SSSR count). The maximum Gasteiger partial charge on any atom is 0.471 e. The molecule has 96 valence electrons. The second kappa shape index (κ2) is 3.08. The van der Waals surface area contributed by atoms with Gasteiger partial charge in [0.15, 0.2) is 0 Å². The van der Waals surface area contributed by atoms with Crippen LogP contribution in [0.2, 0.25) is 0 Å². The van der Waals surface area contributed by atoms with Gasteiger partial charge >= 0.3 is 18.1 Å². The summed E-state index contributed by atoms with van der Waals surface area (Å²) >= 11 is 0. The van der Waals surface area contributed by atoms with Crippen molar-refractivity contribution >= 4 is 11.9 Å². The van der Waals surface area contributed by atoms with Gasteiger partial charge in [0.2, 0.25) is 0 Å². The Morgan fingerprint density at radius 1 is 1.29 bits per heavy atom. The van der Waals surface area contributed by atoms with E-state index in [4.69, 9.17) is 5.11 Å². The van der Waals surface area contributed by atoms with Crippen LogP contribution in [0.4, 0.5) is 22.0 Å². The van der Waals surface area contributed by atoms with Crippen molar-refractivity contribution in [3.05, 3.63) is 0 Å². The van der Waals surface area contributed by atoms with Crippen molar-refractivity contribution < 1.29 is 36.6 Å². The molecule has 0 spiro atoms. The summed E-state index contributed by atoms with van der Waals surface area (Å²) in [7, 11) is 0. The van der Waals surface area contributed by atoms with Crippen molar-refractivity contribution in [3.63, 3.8) is 0 Å². The molecule has 1 amide bonds. The van der Waals surface area contributed by atoms with Gasteiger partial charge in [-0.3, -0.25) is 4.79 Å². The molecule has 1 N–H and O–H groups in total. The Morgan fingerprint density at radius 3 is 2.24 bits per heavy atom. The second-order valence-corrected chi connectivity index (χ2v) is 4.05. The zero-order valence-electron chi connectivity index (χ0n) is 8.04. The Balaban J connectivity index is 2.23. The van der Waals surface area contributed by atoms with Crippen LogP contribution in [-0.4, -0.2) is 46.6 Å². The van der Waals surface area contributed by atoms with E-state index in [-0.39, 0.29) is 4.90 Å². The lowest BCUT2D eigenvalue weighted by molar-refractivity contribution is -0.190. The number of halogens is 5. The summed E-state index contributed by atoms with van der Waals surface area (Å²) in [5.41, 5.74) is 0. The largest absolute Gasteiger partial charge is 0.480 e.